The number of ketones is 1. The lowest BCUT2D eigenvalue weighted by Crippen LogP contribution is -2.55. The number of hydrogen-bond acceptors (Lipinski definition) is 10. The maximum absolute atomic E-state index is 13.0. The van der Waals surface area contributed by atoms with Gasteiger partial charge in [-0.2, -0.15) is 0 Å². The highest BCUT2D eigenvalue weighted by molar-refractivity contribution is 5.90. The summed E-state index contributed by atoms with van der Waals surface area (Å²) < 4.78 is 24.3. The molecule has 2 saturated heterocycles. The van der Waals surface area contributed by atoms with E-state index in [1.54, 1.807) is 21.0 Å². The normalized spacial score (nSPS) is 25.6. The molecule has 4 N–H and O–H groups in total. The molecule has 13 nitrogen and oxygen atoms in total. The molecule has 1 spiro atoms. The second kappa shape index (κ2) is 21.8. The van der Waals surface area contributed by atoms with E-state index in [4.69, 9.17) is 18.9 Å². The molecule has 4 rings (SSSR count). The molecule has 1 aromatic rings. The number of carbonyl (C=O) groups excluding carboxylic acids is 5. The van der Waals surface area contributed by atoms with Gasteiger partial charge in [-0.25, -0.2) is 0 Å². The van der Waals surface area contributed by atoms with Crippen molar-refractivity contribution in [3.63, 3.8) is 0 Å². The fourth-order valence-corrected chi connectivity index (χ4v) is 7.75. The highest BCUT2D eigenvalue weighted by Gasteiger charge is 2.72. The molecule has 1 aliphatic carbocycles. The molecule has 13 heteroatoms. The van der Waals surface area contributed by atoms with Crippen molar-refractivity contribution in [2.75, 3.05) is 39.9 Å². The van der Waals surface area contributed by atoms with Gasteiger partial charge in [0, 0.05) is 39.0 Å². The van der Waals surface area contributed by atoms with Crippen LogP contribution in [-0.4, -0.2) is 105 Å². The maximum atomic E-state index is 13.0. The van der Waals surface area contributed by atoms with E-state index in [2.05, 4.69) is 48.1 Å². The Morgan fingerprint density at radius 3 is 2.30 bits per heavy atom. The number of unbranched alkanes of at least 4 members (excludes halogenated alkanes) is 4. The molecule has 56 heavy (non-hydrogen) atoms. The third kappa shape index (κ3) is 13.8. The third-order valence-electron chi connectivity index (χ3n) is 11.3. The van der Waals surface area contributed by atoms with Gasteiger partial charge in [-0.15, -0.1) is 0 Å². The predicted octanol–water partition coefficient (Wildman–Crippen LogP) is 4.11. The smallest absolute Gasteiger partial charge is 0.306 e. The Bertz CT molecular complexity index is 1490. The van der Waals surface area contributed by atoms with Gasteiger partial charge in [-0.3, -0.25) is 24.0 Å². The monoisotopic (exact) mass is 782 g/mol. The Labute approximate surface area is 333 Å². The van der Waals surface area contributed by atoms with Crippen LogP contribution >= 0.6 is 0 Å². The molecular formula is C43H66N4O9. The van der Waals surface area contributed by atoms with Crippen LogP contribution in [0.15, 0.2) is 42.0 Å². The summed E-state index contributed by atoms with van der Waals surface area (Å²) in [6, 6.07) is 8.86. The van der Waals surface area contributed by atoms with Crippen molar-refractivity contribution in [1.29, 1.82) is 0 Å². The van der Waals surface area contributed by atoms with Crippen LogP contribution in [0.3, 0.4) is 0 Å². The van der Waals surface area contributed by atoms with Gasteiger partial charge in [0.25, 0.3) is 0 Å². The first-order valence-electron chi connectivity index (χ1n) is 20.6. The summed E-state index contributed by atoms with van der Waals surface area (Å²) in [7, 11) is 1.69. The number of epoxide rings is 2. The molecular weight excluding hydrogens is 716 g/mol. The number of benzene rings is 1. The van der Waals surface area contributed by atoms with Gasteiger partial charge in [0.05, 0.1) is 37.8 Å². The van der Waals surface area contributed by atoms with Gasteiger partial charge in [0.15, 0.2) is 5.78 Å². The Morgan fingerprint density at radius 1 is 0.911 bits per heavy atom. The van der Waals surface area contributed by atoms with Gasteiger partial charge in [-0.05, 0) is 64.9 Å². The molecule has 312 valence electrons. The summed E-state index contributed by atoms with van der Waals surface area (Å²) in [6.45, 7) is 11.0. The Kier molecular flexibility index (Phi) is 17.5. The molecule has 1 aromatic carbocycles. The van der Waals surface area contributed by atoms with Crippen molar-refractivity contribution in [3.8, 4) is 0 Å². The Balaban J connectivity index is 1.08. The first kappa shape index (κ1) is 45.1. The Morgan fingerprint density at radius 2 is 1.62 bits per heavy atom. The van der Waals surface area contributed by atoms with Crippen LogP contribution in [0.4, 0.5) is 0 Å². The topological polar surface area (TPSA) is 177 Å². The van der Waals surface area contributed by atoms with Crippen molar-refractivity contribution in [3.05, 3.63) is 47.5 Å². The average Bonchev–Trinajstić information content (AvgIpc) is 4.09. The molecule has 0 bridgehead atoms. The number of methoxy groups -OCH3 is 1. The van der Waals surface area contributed by atoms with Crippen LogP contribution in [-0.2, 0) is 49.3 Å². The van der Waals surface area contributed by atoms with Crippen molar-refractivity contribution < 1.29 is 42.9 Å². The highest BCUT2D eigenvalue weighted by atomic mass is 16.6. The summed E-state index contributed by atoms with van der Waals surface area (Å²) in [5.74, 6) is -1.39. The van der Waals surface area contributed by atoms with Crippen molar-refractivity contribution >= 4 is 29.5 Å². The van der Waals surface area contributed by atoms with Crippen LogP contribution in [0.25, 0.3) is 0 Å². The summed E-state index contributed by atoms with van der Waals surface area (Å²) in [5.41, 5.74) is 1.58. The third-order valence-corrected chi connectivity index (χ3v) is 11.3. The lowest BCUT2D eigenvalue weighted by atomic mass is 9.68. The van der Waals surface area contributed by atoms with Crippen molar-refractivity contribution in [1.82, 2.24) is 21.3 Å². The van der Waals surface area contributed by atoms with Crippen LogP contribution < -0.4 is 21.3 Å². The zero-order chi connectivity index (χ0) is 40.7. The number of allylic oxidation sites excluding steroid dienone is 1. The SMILES string of the molecule is COC1C(OC(=O)CCCCCCCNC(=O)CCN[C@@H](Cc2ccccc2)C(=O)NCC(=O)NCC(=O)C(C)C)CC[C@]2(CO2)C1C1(C)O[C@@H]1CC=C(C)C. The number of carbonyl (C=O) groups is 5. The lowest BCUT2D eigenvalue weighted by molar-refractivity contribution is -0.172. The number of esters is 1. The van der Waals surface area contributed by atoms with E-state index in [1.165, 1.54) is 5.57 Å². The van der Waals surface area contributed by atoms with E-state index in [-0.39, 0.29) is 91.0 Å². The maximum Gasteiger partial charge on any atom is 0.306 e. The molecule has 2 aliphatic heterocycles. The minimum Gasteiger partial charge on any atom is -0.460 e. The fraction of sp³-hybridized carbons (Fsp3) is 0.698. The standard InChI is InChI=1S/C43H66N4O9/c1-29(2)18-19-35-42(5,56-35)40-39(53-6)34(20-22-43(40)28-54-43)55-38(51)17-13-8-7-9-14-23-45-36(49)21-24-44-32(25-31-15-11-10-12-16-31)41(52)47-27-37(50)46-26-33(48)30(3)4/h10-12,15-16,18,30,32,34-35,39-40,44H,7-9,13-14,17,19-28H2,1-6H3,(H,45,49)(H,46,50)(H,47,52)/t32-,34?,35+,39?,40?,42?,43-/m0/s1. The molecule has 3 aliphatic rings. The van der Waals surface area contributed by atoms with Crippen LogP contribution in [0, 0.1) is 11.8 Å². The van der Waals surface area contributed by atoms with Crippen molar-refractivity contribution in [2.24, 2.45) is 11.8 Å². The number of ether oxygens (including phenoxy) is 4. The molecule has 3 fully saturated rings. The predicted molar refractivity (Wildman–Crippen MR) is 213 cm³/mol. The molecule has 2 heterocycles. The van der Waals surface area contributed by atoms with Crippen LogP contribution in [0.1, 0.15) is 104 Å². The number of amides is 3. The van der Waals surface area contributed by atoms with Gasteiger partial charge in [-0.1, -0.05) is 75.1 Å². The fourth-order valence-electron chi connectivity index (χ4n) is 7.75. The van der Waals surface area contributed by atoms with E-state index in [1.807, 2.05) is 30.3 Å². The number of hydrogen-bond donors (Lipinski definition) is 4. The lowest BCUT2D eigenvalue weighted by Gasteiger charge is -2.42. The average molecular weight is 783 g/mol. The summed E-state index contributed by atoms with van der Waals surface area (Å²) >= 11 is 0. The highest BCUT2D eigenvalue weighted by Crippen LogP contribution is 2.59. The molecule has 0 aromatic heterocycles. The Hall–Kier alpha value is -3.65. The quantitative estimate of drug-likeness (QED) is 0.0489. The number of nitrogens with one attached hydrogen (secondary N) is 4. The van der Waals surface area contributed by atoms with E-state index < -0.39 is 11.9 Å². The minimum atomic E-state index is -0.649. The summed E-state index contributed by atoms with van der Waals surface area (Å²) in [6.07, 6.45) is 9.37. The van der Waals surface area contributed by atoms with Crippen LogP contribution in [0.2, 0.25) is 0 Å². The molecule has 0 radical (unpaired) electrons. The number of Topliss-reactive ketones (excluding diaryl/α,β-unsaturated/α-hetero) is 1. The van der Waals surface area contributed by atoms with Crippen molar-refractivity contribution in [2.45, 2.75) is 141 Å². The zero-order valence-electron chi connectivity index (χ0n) is 34.4. The van der Waals surface area contributed by atoms with E-state index in [0.29, 0.717) is 32.4 Å². The molecule has 1 saturated carbocycles. The second-order valence-corrected chi connectivity index (χ2v) is 16.3. The van der Waals surface area contributed by atoms with Gasteiger partial charge in [0.1, 0.15) is 23.4 Å². The van der Waals surface area contributed by atoms with Gasteiger partial charge < -0.3 is 40.2 Å². The molecule has 3 amide bonds. The minimum absolute atomic E-state index is 0.00240. The van der Waals surface area contributed by atoms with Crippen LogP contribution in [0.5, 0.6) is 0 Å². The first-order chi connectivity index (χ1) is 26.8. The van der Waals surface area contributed by atoms with E-state index in [9.17, 15) is 24.0 Å². The number of rotatable bonds is 25. The first-order valence-corrected chi connectivity index (χ1v) is 20.6. The van der Waals surface area contributed by atoms with E-state index >= 15 is 0 Å². The largest absolute Gasteiger partial charge is 0.460 e. The van der Waals surface area contributed by atoms with E-state index in [0.717, 1.165) is 50.5 Å². The molecule has 7 atom stereocenters. The second-order valence-electron chi connectivity index (χ2n) is 16.3. The molecule has 4 unspecified atom stereocenters. The summed E-state index contributed by atoms with van der Waals surface area (Å²) in [4.78, 5) is 62.4. The zero-order valence-corrected chi connectivity index (χ0v) is 34.4. The van der Waals surface area contributed by atoms with Gasteiger partial charge >= 0.3 is 5.97 Å². The van der Waals surface area contributed by atoms with Gasteiger partial charge in [0.2, 0.25) is 17.7 Å². The summed E-state index contributed by atoms with van der Waals surface area (Å²) in [5, 5.41) is 11.3.